The molecule has 0 aliphatic carbocycles. The molecule has 0 bridgehead atoms. The summed E-state index contributed by atoms with van der Waals surface area (Å²) in [6.07, 6.45) is 0.840. The van der Waals surface area contributed by atoms with Crippen LogP contribution in [0.2, 0.25) is 0 Å². The summed E-state index contributed by atoms with van der Waals surface area (Å²) in [5, 5.41) is 23.2. The fourth-order valence-electron chi connectivity index (χ4n) is 2.75. The Morgan fingerprint density at radius 3 is 2.41 bits per heavy atom. The second-order valence-electron chi connectivity index (χ2n) is 6.71. The van der Waals surface area contributed by atoms with Gasteiger partial charge < -0.3 is 38.2 Å². The number of hydrogen-bond acceptors (Lipinski definition) is 10. The van der Waals surface area contributed by atoms with Gasteiger partial charge >= 0.3 is 11.9 Å². The summed E-state index contributed by atoms with van der Waals surface area (Å²) in [6, 6.07) is 4.86. The Kier molecular flexibility index (Phi) is 9.54. The van der Waals surface area contributed by atoms with E-state index in [0.29, 0.717) is 11.4 Å². The maximum absolute atomic E-state index is 12.3. The number of aromatic amines is 1. The third-order valence-corrected chi connectivity index (χ3v) is 4.36. The van der Waals surface area contributed by atoms with Crippen LogP contribution in [-0.4, -0.2) is 59.5 Å². The Morgan fingerprint density at radius 1 is 1.12 bits per heavy atom. The van der Waals surface area contributed by atoms with Gasteiger partial charge in [-0.3, -0.25) is 19.4 Å². The number of rotatable bonds is 9. The topological polar surface area (TPSA) is 280 Å². The van der Waals surface area contributed by atoms with Gasteiger partial charge in [0, 0.05) is 17.7 Å². The van der Waals surface area contributed by atoms with Crippen LogP contribution in [0.15, 0.2) is 35.3 Å². The van der Waals surface area contributed by atoms with Crippen molar-refractivity contribution in [2.75, 3.05) is 11.1 Å². The largest absolute Gasteiger partial charge is 0.481 e. The number of nitrogens with zero attached hydrogens (tertiary/aromatic N) is 3. The molecular formula is C19H24N8O7. The number of carbonyl (C=O) groups is 3. The lowest BCUT2D eigenvalue weighted by Crippen LogP contribution is -2.41. The van der Waals surface area contributed by atoms with Crippen LogP contribution in [0.1, 0.15) is 28.9 Å². The van der Waals surface area contributed by atoms with Gasteiger partial charge in [-0.1, -0.05) is 0 Å². The van der Waals surface area contributed by atoms with E-state index in [9.17, 15) is 19.2 Å². The number of aliphatic carboxylic acids is 2. The molecule has 2 aromatic heterocycles. The number of benzene rings is 1. The predicted octanol–water partition coefficient (Wildman–Crippen LogP) is -0.708. The van der Waals surface area contributed by atoms with Gasteiger partial charge in [0.15, 0.2) is 11.2 Å². The number of nitrogen functional groups attached to an aromatic ring is 1. The molecule has 1 amide bonds. The fourth-order valence-corrected chi connectivity index (χ4v) is 2.75. The quantitative estimate of drug-likeness (QED) is 0.202. The number of amides is 1. The summed E-state index contributed by atoms with van der Waals surface area (Å²) in [5.41, 5.74) is 6.47. The number of H-pyrrole nitrogens is 1. The van der Waals surface area contributed by atoms with Gasteiger partial charge in [0.05, 0.1) is 18.4 Å². The molecule has 0 radical (unpaired) electrons. The highest BCUT2D eigenvalue weighted by molar-refractivity contribution is 5.96. The Labute approximate surface area is 191 Å². The number of fused-ring (bicyclic) bond motifs is 1. The zero-order chi connectivity index (χ0) is 23.3. The first-order chi connectivity index (χ1) is 15.2. The maximum atomic E-state index is 12.3. The van der Waals surface area contributed by atoms with Crippen LogP contribution in [-0.2, 0) is 16.1 Å². The lowest BCUT2D eigenvalue weighted by Gasteiger charge is -2.14. The molecule has 12 N–H and O–H groups in total. The molecule has 3 rings (SSSR count). The Hall–Kier alpha value is -4.63. The van der Waals surface area contributed by atoms with Gasteiger partial charge in [-0.25, -0.2) is 14.8 Å². The van der Waals surface area contributed by atoms with Crippen LogP contribution in [0.5, 0.6) is 0 Å². The molecule has 0 saturated carbocycles. The number of hydrogen-bond donors (Lipinski definition) is 7. The summed E-state index contributed by atoms with van der Waals surface area (Å²) in [4.78, 5) is 60.6. The van der Waals surface area contributed by atoms with Crippen LogP contribution < -0.4 is 28.1 Å². The van der Waals surface area contributed by atoms with E-state index in [0.717, 1.165) is 0 Å². The van der Waals surface area contributed by atoms with Crippen molar-refractivity contribution in [3.8, 4) is 0 Å². The molecule has 182 valence electrons. The third-order valence-electron chi connectivity index (χ3n) is 4.36. The van der Waals surface area contributed by atoms with Crippen LogP contribution in [0.4, 0.5) is 11.6 Å². The first-order valence-corrected chi connectivity index (χ1v) is 9.33. The van der Waals surface area contributed by atoms with Gasteiger partial charge in [0.1, 0.15) is 6.04 Å². The predicted molar refractivity (Wildman–Crippen MR) is 121 cm³/mol. The fraction of sp³-hybridized carbons (Fsp3) is 0.211. The molecule has 0 spiro atoms. The maximum Gasteiger partial charge on any atom is 0.326 e. The normalized spacial score (nSPS) is 10.9. The third kappa shape index (κ3) is 6.94. The van der Waals surface area contributed by atoms with Gasteiger partial charge in [-0.2, -0.15) is 4.98 Å². The standard InChI is InChI=1S/C19H19N7O6.H3N.H2O/c20-19-25-15-14(17(30)26-19)23-11(8-22-15)7-21-10-3-1-9(2-4-10)16(29)24-12(18(31)32)5-6-13(27)28;;/h1-4,8,12,21H,5-7H2,(H,24,29)(H,27,28)(H,31,32)(H3,20,22,25,26,30);1H3;1H2. The molecule has 0 saturated heterocycles. The Morgan fingerprint density at radius 2 is 1.79 bits per heavy atom. The van der Waals surface area contributed by atoms with Gasteiger partial charge in [-0.15, -0.1) is 0 Å². The summed E-state index contributed by atoms with van der Waals surface area (Å²) in [5.74, 6) is -3.16. The lowest BCUT2D eigenvalue weighted by molar-refractivity contribution is -0.140. The van der Waals surface area contributed by atoms with Crippen molar-refractivity contribution in [3.63, 3.8) is 0 Å². The highest BCUT2D eigenvalue weighted by Crippen LogP contribution is 2.12. The molecule has 0 fully saturated rings. The van der Waals surface area contributed by atoms with Crippen molar-refractivity contribution in [1.29, 1.82) is 0 Å². The smallest absolute Gasteiger partial charge is 0.326 e. The summed E-state index contributed by atoms with van der Waals surface area (Å²) < 4.78 is 0. The van der Waals surface area contributed by atoms with Gasteiger partial charge in [0.2, 0.25) is 5.95 Å². The molecule has 1 atom stereocenters. The molecule has 1 unspecified atom stereocenters. The van der Waals surface area contributed by atoms with E-state index in [1.807, 2.05) is 0 Å². The van der Waals surface area contributed by atoms with Crippen LogP contribution in [0.25, 0.3) is 11.2 Å². The van der Waals surface area contributed by atoms with Crippen molar-refractivity contribution in [3.05, 3.63) is 52.1 Å². The van der Waals surface area contributed by atoms with Gasteiger partial charge in [-0.05, 0) is 30.7 Å². The molecule has 2 heterocycles. The van der Waals surface area contributed by atoms with E-state index in [1.165, 1.54) is 18.3 Å². The number of nitrogens with two attached hydrogens (primary N) is 1. The van der Waals surface area contributed by atoms with Crippen LogP contribution >= 0.6 is 0 Å². The molecule has 0 aliphatic heterocycles. The first-order valence-electron chi connectivity index (χ1n) is 9.33. The van der Waals surface area contributed by atoms with Crippen molar-refractivity contribution in [2.24, 2.45) is 0 Å². The van der Waals surface area contributed by atoms with Crippen molar-refractivity contribution >= 4 is 40.6 Å². The number of carboxylic acid groups (broad SMARTS) is 2. The minimum Gasteiger partial charge on any atom is -0.481 e. The first kappa shape index (κ1) is 27.4. The van der Waals surface area contributed by atoms with E-state index in [2.05, 4.69) is 30.6 Å². The molecular weight excluding hydrogens is 452 g/mol. The Bertz CT molecular complexity index is 1230. The number of anilines is 2. The van der Waals surface area contributed by atoms with Crippen molar-refractivity contribution in [2.45, 2.75) is 25.4 Å². The van der Waals surface area contributed by atoms with E-state index in [-0.39, 0.29) is 53.7 Å². The average molecular weight is 476 g/mol. The van der Waals surface area contributed by atoms with Crippen LogP contribution in [0.3, 0.4) is 0 Å². The zero-order valence-electron chi connectivity index (χ0n) is 17.7. The van der Waals surface area contributed by atoms with Crippen molar-refractivity contribution in [1.82, 2.24) is 31.4 Å². The number of carbonyl (C=O) groups excluding carboxylic acids is 1. The summed E-state index contributed by atoms with van der Waals surface area (Å²) in [7, 11) is 0. The summed E-state index contributed by atoms with van der Waals surface area (Å²) in [6.45, 7) is 0.231. The summed E-state index contributed by atoms with van der Waals surface area (Å²) >= 11 is 0. The van der Waals surface area contributed by atoms with E-state index in [1.54, 1.807) is 12.1 Å². The number of nitrogens with one attached hydrogen (secondary N) is 3. The monoisotopic (exact) mass is 476 g/mol. The highest BCUT2D eigenvalue weighted by Gasteiger charge is 2.21. The Balaban J connectivity index is 0.00000289. The van der Waals surface area contributed by atoms with Crippen LogP contribution in [0, 0.1) is 0 Å². The molecule has 15 heteroatoms. The lowest BCUT2D eigenvalue weighted by atomic mass is 10.1. The molecule has 3 aromatic rings. The van der Waals surface area contributed by atoms with E-state index >= 15 is 0 Å². The zero-order valence-corrected chi connectivity index (χ0v) is 17.7. The second kappa shape index (κ2) is 11.8. The second-order valence-corrected chi connectivity index (χ2v) is 6.71. The SMILES string of the molecule is N.Nc1nc2ncc(CNc3ccc(C(=O)NC(CCC(=O)O)C(=O)O)cc3)nc2c(=O)[nH]1.O. The number of aromatic nitrogens is 4. The molecule has 34 heavy (non-hydrogen) atoms. The minimum absolute atomic E-state index is 0. The van der Waals surface area contributed by atoms with Gasteiger partial charge in [0.25, 0.3) is 11.5 Å². The van der Waals surface area contributed by atoms with Crippen molar-refractivity contribution < 1.29 is 30.1 Å². The van der Waals surface area contributed by atoms with E-state index in [4.69, 9.17) is 15.9 Å². The molecule has 15 nitrogen and oxygen atoms in total. The highest BCUT2D eigenvalue weighted by atomic mass is 16.4. The molecule has 1 aromatic carbocycles. The van der Waals surface area contributed by atoms with E-state index < -0.39 is 29.4 Å². The molecule has 0 aliphatic rings. The number of carboxylic acids is 2. The minimum atomic E-state index is -1.31. The average Bonchev–Trinajstić information content (AvgIpc) is 2.75.